The van der Waals surface area contributed by atoms with Crippen molar-refractivity contribution in [3.8, 4) is 5.75 Å². The van der Waals surface area contributed by atoms with Gasteiger partial charge < -0.3 is 14.4 Å². The second kappa shape index (κ2) is 10.2. The molecule has 0 unspecified atom stereocenters. The second-order valence-corrected chi connectivity index (χ2v) is 6.04. The first kappa shape index (κ1) is 19.5. The number of aryl methyl sites for hydroxylation is 1. The van der Waals surface area contributed by atoms with E-state index in [1.54, 1.807) is 4.90 Å². The number of benzene rings is 2. The van der Waals surface area contributed by atoms with Crippen LogP contribution in [0.15, 0.2) is 54.6 Å². The molecule has 0 spiro atoms. The molecule has 0 saturated heterocycles. The SMILES string of the molecule is COC(=O)CCN(Cc1ccc(C)cc1)C(=O)CCOc1ccccc1. The highest BCUT2D eigenvalue weighted by molar-refractivity contribution is 5.77. The summed E-state index contributed by atoms with van der Waals surface area (Å²) >= 11 is 0. The van der Waals surface area contributed by atoms with Crippen LogP contribution in [0.2, 0.25) is 0 Å². The van der Waals surface area contributed by atoms with Gasteiger partial charge in [-0.1, -0.05) is 48.0 Å². The van der Waals surface area contributed by atoms with Crippen molar-refractivity contribution in [2.24, 2.45) is 0 Å². The van der Waals surface area contributed by atoms with Gasteiger partial charge in [-0.05, 0) is 24.6 Å². The molecule has 5 heteroatoms. The summed E-state index contributed by atoms with van der Waals surface area (Å²) in [5.41, 5.74) is 2.19. The monoisotopic (exact) mass is 355 g/mol. The van der Waals surface area contributed by atoms with E-state index in [4.69, 9.17) is 4.74 Å². The van der Waals surface area contributed by atoms with Crippen LogP contribution in [-0.4, -0.2) is 37.0 Å². The van der Waals surface area contributed by atoms with E-state index < -0.39 is 0 Å². The average Bonchev–Trinajstić information content (AvgIpc) is 2.67. The van der Waals surface area contributed by atoms with Crippen molar-refractivity contribution in [2.75, 3.05) is 20.3 Å². The van der Waals surface area contributed by atoms with Gasteiger partial charge in [0.25, 0.3) is 0 Å². The lowest BCUT2D eigenvalue weighted by Crippen LogP contribution is -2.33. The number of hydrogen-bond acceptors (Lipinski definition) is 4. The largest absolute Gasteiger partial charge is 0.493 e. The third-order valence-electron chi connectivity index (χ3n) is 3.99. The maximum absolute atomic E-state index is 12.6. The molecule has 5 nitrogen and oxygen atoms in total. The Balaban J connectivity index is 1.93. The molecule has 0 aromatic heterocycles. The minimum Gasteiger partial charge on any atom is -0.493 e. The standard InChI is InChI=1S/C21H25NO4/c1-17-8-10-18(11-9-17)16-22(14-12-21(24)25-2)20(23)13-15-26-19-6-4-3-5-7-19/h3-11H,12-16H2,1-2H3. The molecule has 2 aromatic rings. The van der Waals surface area contributed by atoms with Crippen LogP contribution >= 0.6 is 0 Å². The average molecular weight is 355 g/mol. The molecule has 1 amide bonds. The third kappa shape index (κ3) is 6.59. The lowest BCUT2D eigenvalue weighted by molar-refractivity contribution is -0.142. The number of hydrogen-bond donors (Lipinski definition) is 0. The summed E-state index contributed by atoms with van der Waals surface area (Å²) < 4.78 is 10.3. The van der Waals surface area contributed by atoms with Gasteiger partial charge in [-0.2, -0.15) is 0 Å². The van der Waals surface area contributed by atoms with Crippen LogP contribution in [0.1, 0.15) is 24.0 Å². The number of rotatable bonds is 9. The molecular weight excluding hydrogens is 330 g/mol. The number of carbonyl (C=O) groups is 2. The minimum absolute atomic E-state index is 0.0505. The summed E-state index contributed by atoms with van der Waals surface area (Å²) in [7, 11) is 1.35. The number of amides is 1. The zero-order chi connectivity index (χ0) is 18.8. The second-order valence-electron chi connectivity index (χ2n) is 6.04. The van der Waals surface area contributed by atoms with Gasteiger partial charge >= 0.3 is 5.97 Å². The molecule has 0 aliphatic rings. The van der Waals surface area contributed by atoms with Crippen LogP contribution < -0.4 is 4.74 Å². The Bertz CT molecular complexity index is 698. The molecule has 0 aliphatic carbocycles. The van der Waals surface area contributed by atoms with E-state index in [-0.39, 0.29) is 24.7 Å². The molecule has 0 aliphatic heterocycles. The summed E-state index contributed by atoms with van der Waals surface area (Å²) in [6.07, 6.45) is 0.426. The highest BCUT2D eigenvalue weighted by atomic mass is 16.5. The van der Waals surface area contributed by atoms with Crippen molar-refractivity contribution in [3.63, 3.8) is 0 Å². The molecular formula is C21H25NO4. The first-order valence-electron chi connectivity index (χ1n) is 8.66. The van der Waals surface area contributed by atoms with Gasteiger partial charge in [0, 0.05) is 13.1 Å². The van der Waals surface area contributed by atoms with E-state index in [1.807, 2.05) is 61.5 Å². The van der Waals surface area contributed by atoms with Crippen LogP contribution in [0.4, 0.5) is 0 Å². The van der Waals surface area contributed by atoms with Crippen molar-refractivity contribution in [3.05, 3.63) is 65.7 Å². The van der Waals surface area contributed by atoms with Gasteiger partial charge in [0.1, 0.15) is 5.75 Å². The highest BCUT2D eigenvalue weighted by Crippen LogP contribution is 2.11. The molecule has 0 fully saturated rings. The number of esters is 1. The van der Waals surface area contributed by atoms with E-state index in [0.29, 0.717) is 19.7 Å². The Morgan fingerprint density at radius 3 is 2.31 bits per heavy atom. The van der Waals surface area contributed by atoms with Gasteiger partial charge in [-0.15, -0.1) is 0 Å². The number of para-hydroxylation sites is 1. The zero-order valence-electron chi connectivity index (χ0n) is 15.3. The summed E-state index contributed by atoms with van der Waals surface area (Å²) in [5, 5.41) is 0. The summed E-state index contributed by atoms with van der Waals surface area (Å²) in [6, 6.07) is 17.4. The Hall–Kier alpha value is -2.82. The number of ether oxygens (including phenoxy) is 2. The molecule has 0 radical (unpaired) electrons. The van der Waals surface area contributed by atoms with Crippen molar-refractivity contribution in [1.82, 2.24) is 4.90 Å². The van der Waals surface area contributed by atoms with Gasteiger partial charge in [-0.25, -0.2) is 0 Å². The molecule has 0 bridgehead atoms. The maximum atomic E-state index is 12.6. The lowest BCUT2D eigenvalue weighted by Gasteiger charge is -2.22. The van der Waals surface area contributed by atoms with Crippen LogP contribution in [0.5, 0.6) is 5.75 Å². The summed E-state index contributed by atoms with van der Waals surface area (Å²) in [5.74, 6) is 0.359. The number of methoxy groups -OCH3 is 1. The molecule has 26 heavy (non-hydrogen) atoms. The molecule has 2 rings (SSSR count). The minimum atomic E-state index is -0.327. The fourth-order valence-corrected chi connectivity index (χ4v) is 2.47. The molecule has 0 N–H and O–H groups in total. The lowest BCUT2D eigenvalue weighted by atomic mass is 10.1. The predicted molar refractivity (Wildman–Crippen MR) is 99.8 cm³/mol. The van der Waals surface area contributed by atoms with E-state index in [2.05, 4.69) is 4.74 Å². The van der Waals surface area contributed by atoms with Crippen LogP contribution in [0.3, 0.4) is 0 Å². The summed E-state index contributed by atoms with van der Waals surface area (Å²) in [4.78, 5) is 25.7. The van der Waals surface area contributed by atoms with Gasteiger partial charge in [0.2, 0.25) is 5.91 Å². The first-order valence-corrected chi connectivity index (χ1v) is 8.66. The van der Waals surface area contributed by atoms with Crippen molar-refractivity contribution >= 4 is 11.9 Å². The predicted octanol–water partition coefficient (Wildman–Crippen LogP) is 3.36. The summed E-state index contributed by atoms with van der Waals surface area (Å²) in [6.45, 7) is 3.10. The third-order valence-corrected chi connectivity index (χ3v) is 3.99. The molecule has 0 saturated carbocycles. The van der Waals surface area contributed by atoms with Gasteiger partial charge in [-0.3, -0.25) is 9.59 Å². The van der Waals surface area contributed by atoms with Gasteiger partial charge in [0.15, 0.2) is 0 Å². The molecule has 0 heterocycles. The zero-order valence-corrected chi connectivity index (χ0v) is 15.3. The Morgan fingerprint density at radius 1 is 0.962 bits per heavy atom. The highest BCUT2D eigenvalue weighted by Gasteiger charge is 2.16. The number of nitrogens with zero attached hydrogens (tertiary/aromatic N) is 1. The van der Waals surface area contributed by atoms with Crippen LogP contribution in [0, 0.1) is 6.92 Å². The number of carbonyl (C=O) groups excluding carboxylic acids is 2. The van der Waals surface area contributed by atoms with Gasteiger partial charge in [0.05, 0.1) is 26.6 Å². The Labute approximate surface area is 154 Å². The van der Waals surface area contributed by atoms with Crippen LogP contribution in [0.25, 0.3) is 0 Å². The normalized spacial score (nSPS) is 10.2. The fourth-order valence-electron chi connectivity index (χ4n) is 2.47. The van der Waals surface area contributed by atoms with E-state index >= 15 is 0 Å². The first-order chi connectivity index (χ1) is 12.6. The van der Waals surface area contributed by atoms with Crippen LogP contribution in [-0.2, 0) is 20.9 Å². The maximum Gasteiger partial charge on any atom is 0.307 e. The topological polar surface area (TPSA) is 55.8 Å². The Morgan fingerprint density at radius 2 is 1.65 bits per heavy atom. The van der Waals surface area contributed by atoms with E-state index in [9.17, 15) is 9.59 Å². The molecule has 2 aromatic carbocycles. The molecule has 0 atom stereocenters. The van der Waals surface area contributed by atoms with Crippen molar-refractivity contribution in [2.45, 2.75) is 26.3 Å². The van der Waals surface area contributed by atoms with E-state index in [0.717, 1.165) is 16.9 Å². The fraction of sp³-hybridized carbons (Fsp3) is 0.333. The van der Waals surface area contributed by atoms with Crippen molar-refractivity contribution < 1.29 is 19.1 Å². The smallest absolute Gasteiger partial charge is 0.307 e. The Kier molecular flexibility index (Phi) is 7.68. The molecule has 138 valence electrons. The van der Waals surface area contributed by atoms with E-state index in [1.165, 1.54) is 7.11 Å². The quantitative estimate of drug-likeness (QED) is 0.647. The van der Waals surface area contributed by atoms with Crippen molar-refractivity contribution in [1.29, 1.82) is 0 Å².